The lowest BCUT2D eigenvalue weighted by Crippen LogP contribution is -2.38. The molecule has 1 fully saturated rings. The molecule has 0 aliphatic carbocycles. The molecule has 18 heavy (non-hydrogen) atoms. The number of carbonyl (C=O) groups is 1. The number of hydrogen-bond acceptors (Lipinski definition) is 5. The average Bonchev–Trinajstić information content (AvgIpc) is 2.86. The van der Waals surface area contributed by atoms with Crippen LogP contribution in [0.1, 0.15) is 0 Å². The molecule has 0 bridgehead atoms. The first kappa shape index (κ1) is 13.0. The van der Waals surface area contributed by atoms with Crippen molar-refractivity contribution in [1.29, 1.82) is 0 Å². The zero-order valence-electron chi connectivity index (χ0n) is 9.96. The zero-order chi connectivity index (χ0) is 13.0. The van der Waals surface area contributed by atoms with E-state index >= 15 is 0 Å². The van der Waals surface area contributed by atoms with Crippen LogP contribution in [0.15, 0.2) is 24.3 Å². The molecule has 2 atom stereocenters. The second kappa shape index (κ2) is 5.97. The summed E-state index contributed by atoms with van der Waals surface area (Å²) in [6.07, 6.45) is 0. The van der Waals surface area contributed by atoms with E-state index < -0.39 is 12.0 Å². The predicted octanol–water partition coefficient (Wildman–Crippen LogP) is 1.19. The van der Waals surface area contributed by atoms with E-state index in [4.69, 9.17) is 14.6 Å². The van der Waals surface area contributed by atoms with Crippen molar-refractivity contribution in [1.82, 2.24) is 5.32 Å². The molecular weight excluding hydrogens is 254 g/mol. The minimum absolute atomic E-state index is 0.0215. The third-order valence-electron chi connectivity index (χ3n) is 2.61. The Morgan fingerprint density at radius 2 is 2.11 bits per heavy atom. The normalized spacial score (nSPS) is 22.7. The van der Waals surface area contributed by atoms with Crippen molar-refractivity contribution in [3.8, 4) is 11.5 Å². The summed E-state index contributed by atoms with van der Waals surface area (Å²) in [5.41, 5.74) is 0. The van der Waals surface area contributed by atoms with E-state index in [1.807, 2.05) is 24.3 Å². The van der Waals surface area contributed by atoms with Gasteiger partial charge in [-0.1, -0.05) is 0 Å². The van der Waals surface area contributed by atoms with Crippen LogP contribution in [0.5, 0.6) is 11.5 Å². The smallest absolute Gasteiger partial charge is 0.321 e. The molecule has 0 aromatic heterocycles. The molecule has 0 amide bonds. The highest BCUT2D eigenvalue weighted by Crippen LogP contribution is 2.21. The lowest BCUT2D eigenvalue weighted by atomic mass is 10.3. The third kappa shape index (κ3) is 3.30. The number of aliphatic carboxylic acids is 1. The van der Waals surface area contributed by atoms with Gasteiger partial charge in [0.25, 0.3) is 0 Å². The SMILES string of the molecule is COc1ccc(OCC2NC(C(=O)O)CS2)cc1. The van der Waals surface area contributed by atoms with Gasteiger partial charge in [0.2, 0.25) is 0 Å². The Kier molecular flexibility index (Phi) is 4.33. The molecule has 0 saturated carbocycles. The highest BCUT2D eigenvalue weighted by Gasteiger charge is 2.29. The maximum Gasteiger partial charge on any atom is 0.321 e. The van der Waals surface area contributed by atoms with Gasteiger partial charge in [0.15, 0.2) is 0 Å². The van der Waals surface area contributed by atoms with Gasteiger partial charge >= 0.3 is 5.97 Å². The van der Waals surface area contributed by atoms with Gasteiger partial charge in [-0.2, -0.15) is 0 Å². The highest BCUT2D eigenvalue weighted by molar-refractivity contribution is 8.00. The Bertz CT molecular complexity index is 409. The van der Waals surface area contributed by atoms with Gasteiger partial charge in [0, 0.05) is 5.75 Å². The summed E-state index contributed by atoms with van der Waals surface area (Å²) < 4.78 is 10.6. The maximum atomic E-state index is 10.8. The minimum atomic E-state index is -0.811. The van der Waals surface area contributed by atoms with Crippen molar-refractivity contribution < 1.29 is 19.4 Å². The van der Waals surface area contributed by atoms with Crippen LogP contribution in [0.3, 0.4) is 0 Å². The summed E-state index contributed by atoms with van der Waals surface area (Å²) in [5.74, 6) is 1.29. The fourth-order valence-electron chi connectivity index (χ4n) is 1.62. The molecule has 1 heterocycles. The van der Waals surface area contributed by atoms with Gasteiger partial charge in [-0.3, -0.25) is 10.1 Å². The number of benzene rings is 1. The van der Waals surface area contributed by atoms with Gasteiger partial charge in [-0.05, 0) is 24.3 Å². The van der Waals surface area contributed by atoms with Gasteiger partial charge in [0.05, 0.1) is 12.5 Å². The maximum absolute atomic E-state index is 10.8. The van der Waals surface area contributed by atoms with Crippen molar-refractivity contribution in [2.45, 2.75) is 11.4 Å². The van der Waals surface area contributed by atoms with Crippen LogP contribution in [0.2, 0.25) is 0 Å². The van der Waals surface area contributed by atoms with E-state index in [0.29, 0.717) is 12.4 Å². The van der Waals surface area contributed by atoms with E-state index in [0.717, 1.165) is 11.5 Å². The van der Waals surface area contributed by atoms with Crippen LogP contribution in [0.25, 0.3) is 0 Å². The largest absolute Gasteiger partial charge is 0.497 e. The quantitative estimate of drug-likeness (QED) is 0.837. The first-order valence-corrected chi connectivity index (χ1v) is 6.61. The molecule has 1 aromatic carbocycles. The molecule has 1 aliphatic heterocycles. The standard InChI is InChI=1S/C12H15NO4S/c1-16-8-2-4-9(5-3-8)17-6-11-13-10(7-18-11)12(14)15/h2-5,10-11,13H,6-7H2,1H3,(H,14,15). The molecule has 2 rings (SSSR count). The summed E-state index contributed by atoms with van der Waals surface area (Å²) >= 11 is 1.56. The second-order valence-corrected chi connectivity index (χ2v) is 5.10. The van der Waals surface area contributed by atoms with E-state index in [1.165, 1.54) is 0 Å². The lowest BCUT2D eigenvalue weighted by molar-refractivity contribution is -0.138. The van der Waals surface area contributed by atoms with Crippen molar-refractivity contribution in [2.75, 3.05) is 19.5 Å². The number of methoxy groups -OCH3 is 1. The number of ether oxygens (including phenoxy) is 2. The third-order valence-corrected chi connectivity index (χ3v) is 3.81. The number of nitrogens with one attached hydrogen (secondary N) is 1. The molecule has 6 heteroatoms. The van der Waals surface area contributed by atoms with Crippen LogP contribution >= 0.6 is 11.8 Å². The molecule has 0 spiro atoms. The minimum Gasteiger partial charge on any atom is -0.497 e. The Morgan fingerprint density at radius 3 is 2.67 bits per heavy atom. The van der Waals surface area contributed by atoms with Gasteiger partial charge in [-0.25, -0.2) is 0 Å². The van der Waals surface area contributed by atoms with Crippen molar-refractivity contribution in [3.05, 3.63) is 24.3 Å². The van der Waals surface area contributed by atoms with Crippen LogP contribution < -0.4 is 14.8 Å². The van der Waals surface area contributed by atoms with Crippen LogP contribution in [0.4, 0.5) is 0 Å². The van der Waals surface area contributed by atoms with Crippen LogP contribution in [0, 0.1) is 0 Å². The molecule has 1 aliphatic rings. The summed E-state index contributed by atoms with van der Waals surface area (Å²) in [6, 6.07) is 6.83. The highest BCUT2D eigenvalue weighted by atomic mass is 32.2. The Balaban J connectivity index is 1.79. The predicted molar refractivity (Wildman–Crippen MR) is 69.3 cm³/mol. The van der Waals surface area contributed by atoms with E-state index in [1.54, 1.807) is 18.9 Å². The average molecular weight is 269 g/mol. The molecule has 98 valence electrons. The fraction of sp³-hybridized carbons (Fsp3) is 0.417. The first-order chi connectivity index (χ1) is 8.69. The number of hydrogen-bond donors (Lipinski definition) is 2. The van der Waals surface area contributed by atoms with Crippen molar-refractivity contribution in [3.63, 3.8) is 0 Å². The fourth-order valence-corrected chi connectivity index (χ4v) is 2.70. The van der Waals surface area contributed by atoms with Crippen LogP contribution in [-0.2, 0) is 4.79 Å². The summed E-state index contributed by atoms with van der Waals surface area (Å²) in [5, 5.41) is 11.9. The molecule has 0 radical (unpaired) electrons. The summed E-state index contributed by atoms with van der Waals surface area (Å²) in [6.45, 7) is 0.445. The Labute approximate surface area is 109 Å². The van der Waals surface area contributed by atoms with Gasteiger partial charge in [0.1, 0.15) is 24.1 Å². The summed E-state index contributed by atoms with van der Waals surface area (Å²) in [4.78, 5) is 10.8. The molecule has 5 nitrogen and oxygen atoms in total. The number of carboxylic acid groups (broad SMARTS) is 1. The van der Waals surface area contributed by atoms with Crippen molar-refractivity contribution >= 4 is 17.7 Å². The number of carboxylic acids is 1. The zero-order valence-corrected chi connectivity index (χ0v) is 10.8. The molecular formula is C12H15NO4S. The topological polar surface area (TPSA) is 67.8 Å². The molecule has 2 N–H and O–H groups in total. The Hall–Kier alpha value is -1.40. The number of rotatable bonds is 5. The molecule has 1 saturated heterocycles. The van der Waals surface area contributed by atoms with Crippen molar-refractivity contribution in [2.24, 2.45) is 0 Å². The summed E-state index contributed by atoms with van der Waals surface area (Å²) in [7, 11) is 1.61. The van der Waals surface area contributed by atoms with E-state index in [-0.39, 0.29) is 5.37 Å². The second-order valence-electron chi connectivity index (χ2n) is 3.87. The molecule has 1 aromatic rings. The lowest BCUT2D eigenvalue weighted by Gasteiger charge is -2.12. The first-order valence-electron chi connectivity index (χ1n) is 5.56. The monoisotopic (exact) mass is 269 g/mol. The molecule has 2 unspecified atom stereocenters. The van der Waals surface area contributed by atoms with Gasteiger partial charge in [-0.15, -0.1) is 11.8 Å². The van der Waals surface area contributed by atoms with Gasteiger partial charge < -0.3 is 14.6 Å². The number of thioether (sulfide) groups is 1. The van der Waals surface area contributed by atoms with E-state index in [2.05, 4.69) is 5.32 Å². The van der Waals surface area contributed by atoms with Crippen LogP contribution in [-0.4, -0.2) is 42.0 Å². The Morgan fingerprint density at radius 1 is 1.44 bits per heavy atom. The van der Waals surface area contributed by atoms with E-state index in [9.17, 15) is 4.79 Å².